The van der Waals surface area contributed by atoms with Crippen LogP contribution in [0.5, 0.6) is 0 Å². The molecule has 1 aliphatic rings. The second-order valence-electron chi connectivity index (χ2n) is 1.77. The van der Waals surface area contributed by atoms with Crippen LogP contribution in [0.4, 0.5) is 0 Å². The average Bonchev–Trinajstić information content (AvgIpc) is 1.93. The number of hydrogen-bond acceptors (Lipinski definition) is 2. The molecule has 0 saturated carbocycles. The number of quaternary nitrogens is 1. The molecule has 56 valence electrons. The van der Waals surface area contributed by atoms with E-state index in [1.54, 1.807) is 6.92 Å². The van der Waals surface area contributed by atoms with Gasteiger partial charge in [-0.05, 0) is 0 Å². The normalized spacial score (nSPS) is 18.0. The summed E-state index contributed by atoms with van der Waals surface area (Å²) in [6, 6.07) is 0. The molecule has 0 aromatic rings. The zero-order chi connectivity index (χ0) is 6.95. The van der Waals surface area contributed by atoms with Crippen molar-refractivity contribution >= 4 is 0 Å². The van der Waals surface area contributed by atoms with Crippen LogP contribution < -0.4 is 10.4 Å². The second kappa shape index (κ2) is 7.88. The summed E-state index contributed by atoms with van der Waals surface area (Å²) in [5.74, 6) is 0. The molecule has 0 aliphatic carbocycles. The molecule has 1 heterocycles. The van der Waals surface area contributed by atoms with Gasteiger partial charge in [-0.1, -0.05) is 6.92 Å². The van der Waals surface area contributed by atoms with Gasteiger partial charge in [-0.15, -0.1) is 6.61 Å². The Balaban J connectivity index is 0.000000187. The first kappa shape index (κ1) is 8.88. The minimum Gasteiger partial charge on any atom is -0.855 e. The van der Waals surface area contributed by atoms with E-state index in [0.717, 1.165) is 26.3 Å². The summed E-state index contributed by atoms with van der Waals surface area (Å²) < 4.78 is 5.04. The van der Waals surface area contributed by atoms with E-state index >= 15 is 0 Å². The SMILES string of the molecule is C1COCC[NH2+]1.CC[O-]. The fraction of sp³-hybridized carbons (Fsp3) is 1.00. The first-order valence-electron chi connectivity index (χ1n) is 3.39. The maximum absolute atomic E-state index is 8.93. The van der Waals surface area contributed by atoms with Crippen LogP contribution in [0.2, 0.25) is 0 Å². The predicted molar refractivity (Wildman–Crippen MR) is 33.0 cm³/mol. The minimum atomic E-state index is 0. The van der Waals surface area contributed by atoms with Crippen molar-refractivity contribution in [2.75, 3.05) is 32.9 Å². The Morgan fingerprint density at radius 1 is 1.44 bits per heavy atom. The van der Waals surface area contributed by atoms with Crippen LogP contribution in [-0.4, -0.2) is 32.9 Å². The van der Waals surface area contributed by atoms with E-state index in [1.165, 1.54) is 0 Å². The van der Waals surface area contributed by atoms with E-state index in [1.807, 2.05) is 0 Å². The van der Waals surface area contributed by atoms with E-state index in [9.17, 15) is 0 Å². The van der Waals surface area contributed by atoms with Gasteiger partial charge in [-0.3, -0.25) is 0 Å². The Morgan fingerprint density at radius 3 is 2.00 bits per heavy atom. The average molecular weight is 133 g/mol. The van der Waals surface area contributed by atoms with Crippen molar-refractivity contribution in [1.82, 2.24) is 0 Å². The Hall–Kier alpha value is -0.120. The maximum Gasteiger partial charge on any atom is 0.0993 e. The van der Waals surface area contributed by atoms with E-state index in [-0.39, 0.29) is 6.61 Å². The number of nitrogens with two attached hydrogens (primary N) is 1. The van der Waals surface area contributed by atoms with Gasteiger partial charge in [0.2, 0.25) is 0 Å². The molecule has 0 atom stereocenters. The number of ether oxygens (including phenoxy) is 1. The van der Waals surface area contributed by atoms with Crippen molar-refractivity contribution in [3.63, 3.8) is 0 Å². The Morgan fingerprint density at radius 2 is 1.89 bits per heavy atom. The van der Waals surface area contributed by atoms with Gasteiger partial charge in [-0.25, -0.2) is 0 Å². The molecule has 1 aliphatic heterocycles. The molecular formula is C6H15NO2. The molecule has 0 aromatic heterocycles. The molecule has 3 heteroatoms. The van der Waals surface area contributed by atoms with E-state index in [2.05, 4.69) is 5.32 Å². The molecule has 1 rings (SSSR count). The summed E-state index contributed by atoms with van der Waals surface area (Å²) >= 11 is 0. The summed E-state index contributed by atoms with van der Waals surface area (Å²) in [7, 11) is 0. The highest BCUT2D eigenvalue weighted by Gasteiger charge is 1.96. The predicted octanol–water partition coefficient (Wildman–Crippen LogP) is -2.05. The fourth-order valence-electron chi connectivity index (χ4n) is 0.580. The Bertz CT molecular complexity index is 34.8. The monoisotopic (exact) mass is 133 g/mol. The minimum absolute atomic E-state index is 0. The number of hydrogen-bond donors (Lipinski definition) is 1. The molecule has 0 radical (unpaired) electrons. The second-order valence-corrected chi connectivity index (χ2v) is 1.77. The highest BCUT2D eigenvalue weighted by Crippen LogP contribution is 1.69. The summed E-state index contributed by atoms with van der Waals surface area (Å²) in [4.78, 5) is 0. The van der Waals surface area contributed by atoms with Gasteiger partial charge in [0, 0.05) is 0 Å². The number of rotatable bonds is 0. The molecule has 0 unspecified atom stereocenters. The van der Waals surface area contributed by atoms with Gasteiger partial charge in [0.1, 0.15) is 0 Å². The van der Waals surface area contributed by atoms with Crippen molar-refractivity contribution < 1.29 is 15.2 Å². The molecule has 2 N–H and O–H groups in total. The van der Waals surface area contributed by atoms with Crippen LogP contribution in [0.15, 0.2) is 0 Å². The zero-order valence-corrected chi connectivity index (χ0v) is 5.93. The molecule has 0 spiro atoms. The third-order valence-corrected chi connectivity index (χ3v) is 0.933. The smallest absolute Gasteiger partial charge is 0.0993 e. The van der Waals surface area contributed by atoms with Crippen LogP contribution in [0.1, 0.15) is 6.92 Å². The Kier molecular flexibility index (Phi) is 7.77. The van der Waals surface area contributed by atoms with Gasteiger partial charge in [-0.2, -0.15) is 0 Å². The van der Waals surface area contributed by atoms with E-state index < -0.39 is 0 Å². The van der Waals surface area contributed by atoms with Gasteiger partial charge >= 0.3 is 0 Å². The fourth-order valence-corrected chi connectivity index (χ4v) is 0.580. The van der Waals surface area contributed by atoms with Crippen molar-refractivity contribution in [2.45, 2.75) is 6.92 Å². The first-order valence-corrected chi connectivity index (χ1v) is 3.39. The van der Waals surface area contributed by atoms with Crippen molar-refractivity contribution in [3.8, 4) is 0 Å². The maximum atomic E-state index is 8.93. The summed E-state index contributed by atoms with van der Waals surface area (Å²) in [6.07, 6.45) is 0. The lowest BCUT2D eigenvalue weighted by molar-refractivity contribution is -0.670. The Labute approximate surface area is 56.0 Å². The molecule has 1 saturated heterocycles. The van der Waals surface area contributed by atoms with Crippen LogP contribution in [0.3, 0.4) is 0 Å². The van der Waals surface area contributed by atoms with Crippen LogP contribution >= 0.6 is 0 Å². The lowest BCUT2D eigenvalue weighted by atomic mass is 10.5. The molecule has 0 aromatic carbocycles. The molecule has 1 fully saturated rings. The van der Waals surface area contributed by atoms with Gasteiger partial charge in [0.15, 0.2) is 0 Å². The largest absolute Gasteiger partial charge is 0.855 e. The molecule has 0 amide bonds. The third kappa shape index (κ3) is 7.88. The first-order chi connectivity index (χ1) is 4.41. The van der Waals surface area contributed by atoms with Gasteiger partial charge in [0.05, 0.1) is 26.3 Å². The zero-order valence-electron chi connectivity index (χ0n) is 5.93. The highest BCUT2D eigenvalue weighted by atomic mass is 16.5. The van der Waals surface area contributed by atoms with Crippen LogP contribution in [-0.2, 0) is 4.74 Å². The van der Waals surface area contributed by atoms with E-state index in [4.69, 9.17) is 9.84 Å². The van der Waals surface area contributed by atoms with Crippen molar-refractivity contribution in [2.24, 2.45) is 0 Å². The lowest BCUT2D eigenvalue weighted by Crippen LogP contribution is -2.87. The van der Waals surface area contributed by atoms with Crippen molar-refractivity contribution in [1.29, 1.82) is 0 Å². The lowest BCUT2D eigenvalue weighted by Gasteiger charge is -2.07. The quantitative estimate of drug-likeness (QED) is 0.413. The van der Waals surface area contributed by atoms with Crippen LogP contribution in [0, 0.1) is 0 Å². The van der Waals surface area contributed by atoms with Gasteiger partial charge < -0.3 is 15.2 Å². The highest BCUT2D eigenvalue weighted by molar-refractivity contribution is 4.30. The topological polar surface area (TPSA) is 48.9 Å². The summed E-state index contributed by atoms with van der Waals surface area (Å²) in [5, 5.41) is 11.2. The van der Waals surface area contributed by atoms with E-state index in [0.29, 0.717) is 0 Å². The number of morpholine rings is 1. The molecule has 3 nitrogen and oxygen atoms in total. The molecular weight excluding hydrogens is 118 g/mol. The standard InChI is InChI=1S/C4H9NO.C2H5O/c1-3-6-4-2-5-1;1-2-3/h5H,1-4H2;2H2,1H3/q;-1/p+1. The van der Waals surface area contributed by atoms with Crippen LogP contribution in [0.25, 0.3) is 0 Å². The molecule has 9 heavy (non-hydrogen) atoms. The molecule has 0 bridgehead atoms. The van der Waals surface area contributed by atoms with Gasteiger partial charge in [0.25, 0.3) is 0 Å². The van der Waals surface area contributed by atoms with Crippen molar-refractivity contribution in [3.05, 3.63) is 0 Å². The third-order valence-electron chi connectivity index (χ3n) is 0.933. The summed E-state index contributed by atoms with van der Waals surface area (Å²) in [5.41, 5.74) is 0. The summed E-state index contributed by atoms with van der Waals surface area (Å²) in [6.45, 7) is 5.76.